The van der Waals surface area contributed by atoms with Gasteiger partial charge in [-0.3, -0.25) is 4.79 Å². The first-order valence-corrected chi connectivity index (χ1v) is 8.45. The maximum atomic E-state index is 13.7. The Kier molecular flexibility index (Phi) is 5.82. The molecule has 0 atom stereocenters. The van der Waals surface area contributed by atoms with Crippen LogP contribution in [0.3, 0.4) is 0 Å². The maximum Gasteiger partial charge on any atom is 0.573 e. The van der Waals surface area contributed by atoms with Crippen LogP contribution in [-0.4, -0.2) is 29.2 Å². The van der Waals surface area contributed by atoms with Gasteiger partial charge in [-0.05, 0) is 36.4 Å². The predicted octanol–water partition coefficient (Wildman–Crippen LogP) is 5.05. The summed E-state index contributed by atoms with van der Waals surface area (Å²) < 4.78 is 87.0. The van der Waals surface area contributed by atoms with Crippen molar-refractivity contribution in [1.29, 1.82) is 0 Å². The molecule has 0 aliphatic rings. The Hall–Kier alpha value is -3.70. The van der Waals surface area contributed by atoms with Gasteiger partial charge in [-0.25, -0.2) is 4.68 Å². The van der Waals surface area contributed by atoms with E-state index in [9.17, 15) is 31.1 Å². The fourth-order valence-corrected chi connectivity index (χ4v) is 2.67. The second-order valence-corrected chi connectivity index (χ2v) is 6.04. The van der Waals surface area contributed by atoms with Gasteiger partial charge >= 0.3 is 12.5 Å². The molecule has 164 valence electrons. The van der Waals surface area contributed by atoms with Crippen molar-refractivity contribution >= 4 is 11.6 Å². The van der Waals surface area contributed by atoms with E-state index in [0.29, 0.717) is 10.4 Å². The number of hydrogen-bond acceptors (Lipinski definition) is 4. The van der Waals surface area contributed by atoms with Crippen LogP contribution in [0.5, 0.6) is 11.5 Å². The van der Waals surface area contributed by atoms with E-state index in [-0.39, 0.29) is 11.4 Å². The molecule has 6 nitrogen and oxygen atoms in total. The maximum absolute atomic E-state index is 13.7. The highest BCUT2D eigenvalue weighted by Crippen LogP contribution is 2.34. The molecule has 0 spiro atoms. The van der Waals surface area contributed by atoms with Crippen molar-refractivity contribution in [3.05, 3.63) is 66.0 Å². The fourth-order valence-electron chi connectivity index (χ4n) is 2.67. The zero-order chi connectivity index (χ0) is 22.8. The van der Waals surface area contributed by atoms with Gasteiger partial charge < -0.3 is 14.8 Å². The monoisotopic (exact) mass is 445 g/mol. The molecule has 2 aromatic carbocycles. The van der Waals surface area contributed by atoms with E-state index < -0.39 is 35.5 Å². The largest absolute Gasteiger partial charge is 0.573 e. The van der Waals surface area contributed by atoms with Crippen LogP contribution in [0.15, 0.2) is 54.7 Å². The van der Waals surface area contributed by atoms with E-state index in [2.05, 4.69) is 15.2 Å². The summed E-state index contributed by atoms with van der Waals surface area (Å²) in [6.07, 6.45) is -9.22. The number of nitrogens with one attached hydrogen (secondary N) is 1. The number of ether oxygens (including phenoxy) is 2. The minimum absolute atomic E-state index is 0.193. The van der Waals surface area contributed by atoms with Crippen LogP contribution in [0.25, 0.3) is 5.69 Å². The van der Waals surface area contributed by atoms with Crippen LogP contribution in [-0.2, 0) is 6.18 Å². The number of nitrogens with zero attached hydrogens (tertiary/aromatic N) is 2. The van der Waals surface area contributed by atoms with Crippen LogP contribution in [0.4, 0.5) is 32.0 Å². The highest BCUT2D eigenvalue weighted by Gasteiger charge is 2.40. The molecule has 1 heterocycles. The Morgan fingerprint density at radius 2 is 1.68 bits per heavy atom. The second kappa shape index (κ2) is 8.20. The molecule has 0 aliphatic carbocycles. The number of rotatable bonds is 5. The lowest BCUT2D eigenvalue weighted by atomic mass is 10.2. The quantitative estimate of drug-likeness (QED) is 0.559. The number of aromatic nitrogens is 2. The van der Waals surface area contributed by atoms with Crippen molar-refractivity contribution in [2.45, 2.75) is 12.5 Å². The number of methoxy groups -OCH3 is 1. The molecule has 1 aromatic heterocycles. The average Bonchev–Trinajstić information content (AvgIpc) is 3.13. The SMILES string of the molecule is COc1cccc(NC(=O)c2cnn(-c3ccc(OC(F)(F)F)cc3)c2C(F)(F)F)c1. The minimum Gasteiger partial charge on any atom is -0.497 e. The van der Waals surface area contributed by atoms with Gasteiger partial charge in [-0.2, -0.15) is 18.3 Å². The first kappa shape index (κ1) is 22.0. The minimum atomic E-state index is -4.99. The summed E-state index contributed by atoms with van der Waals surface area (Å²) in [4.78, 5) is 12.5. The number of alkyl halides is 6. The molecule has 12 heteroatoms. The van der Waals surface area contributed by atoms with Crippen LogP contribution in [0, 0.1) is 0 Å². The van der Waals surface area contributed by atoms with Crippen molar-refractivity contribution in [3.63, 3.8) is 0 Å². The Bertz CT molecular complexity index is 1070. The van der Waals surface area contributed by atoms with Gasteiger partial charge in [-0.15, -0.1) is 13.2 Å². The van der Waals surface area contributed by atoms with E-state index in [1.165, 1.54) is 25.3 Å². The summed E-state index contributed by atoms with van der Waals surface area (Å²) >= 11 is 0. The first-order chi connectivity index (χ1) is 14.5. The van der Waals surface area contributed by atoms with E-state index in [1.807, 2.05) is 0 Å². The molecule has 1 N–H and O–H groups in total. The van der Waals surface area contributed by atoms with E-state index in [1.54, 1.807) is 6.07 Å². The normalized spacial score (nSPS) is 11.8. The third-order valence-electron chi connectivity index (χ3n) is 3.92. The van der Waals surface area contributed by atoms with Crippen LogP contribution < -0.4 is 14.8 Å². The third-order valence-corrected chi connectivity index (χ3v) is 3.92. The zero-order valence-electron chi connectivity index (χ0n) is 15.6. The van der Waals surface area contributed by atoms with Crippen molar-refractivity contribution in [1.82, 2.24) is 9.78 Å². The molecule has 31 heavy (non-hydrogen) atoms. The zero-order valence-corrected chi connectivity index (χ0v) is 15.6. The van der Waals surface area contributed by atoms with Gasteiger partial charge in [0.2, 0.25) is 0 Å². The van der Waals surface area contributed by atoms with Crippen LogP contribution in [0.1, 0.15) is 16.1 Å². The Balaban J connectivity index is 1.94. The van der Waals surface area contributed by atoms with Gasteiger partial charge in [0.15, 0.2) is 5.69 Å². The molecule has 0 saturated carbocycles. The van der Waals surface area contributed by atoms with Gasteiger partial charge in [0.1, 0.15) is 11.5 Å². The Labute approximate surface area is 171 Å². The van der Waals surface area contributed by atoms with Gasteiger partial charge in [0.25, 0.3) is 5.91 Å². The molecular formula is C19H13F6N3O3. The van der Waals surface area contributed by atoms with Crippen LogP contribution in [0.2, 0.25) is 0 Å². The Morgan fingerprint density at radius 1 is 1.00 bits per heavy atom. The van der Waals surface area contributed by atoms with E-state index in [4.69, 9.17) is 4.74 Å². The Morgan fingerprint density at radius 3 is 2.26 bits per heavy atom. The molecule has 3 rings (SSSR count). The standard InChI is InChI=1S/C19H13F6N3O3/c1-30-14-4-2-3-11(9-14)27-17(29)15-10-26-28(16(15)18(20,21)22)12-5-7-13(8-6-12)31-19(23,24)25/h2-10H,1H3,(H,27,29). The molecule has 3 aromatic rings. The molecular weight excluding hydrogens is 432 g/mol. The van der Waals surface area contributed by atoms with Gasteiger partial charge in [0.05, 0.1) is 24.6 Å². The number of carbonyl (C=O) groups is 1. The molecule has 0 unspecified atom stereocenters. The summed E-state index contributed by atoms with van der Waals surface area (Å²) in [5, 5.41) is 5.93. The lowest BCUT2D eigenvalue weighted by Gasteiger charge is -2.14. The van der Waals surface area contributed by atoms with Gasteiger partial charge in [-0.1, -0.05) is 6.07 Å². The number of benzene rings is 2. The molecule has 0 bridgehead atoms. The summed E-state index contributed by atoms with van der Waals surface area (Å²) in [7, 11) is 1.39. The van der Waals surface area contributed by atoms with Crippen molar-refractivity contribution in [2.75, 3.05) is 12.4 Å². The highest BCUT2D eigenvalue weighted by atomic mass is 19.4. The number of hydrogen-bond donors (Lipinski definition) is 1. The van der Waals surface area contributed by atoms with E-state index in [0.717, 1.165) is 30.5 Å². The number of amides is 1. The predicted molar refractivity (Wildman–Crippen MR) is 96.2 cm³/mol. The van der Waals surface area contributed by atoms with Crippen molar-refractivity contribution in [3.8, 4) is 17.2 Å². The average molecular weight is 445 g/mol. The number of carbonyl (C=O) groups excluding carboxylic acids is 1. The highest BCUT2D eigenvalue weighted by molar-refractivity contribution is 6.05. The van der Waals surface area contributed by atoms with Gasteiger partial charge in [0, 0.05) is 11.8 Å². The summed E-state index contributed by atoms with van der Waals surface area (Å²) in [5.41, 5.74) is -2.19. The summed E-state index contributed by atoms with van der Waals surface area (Å²) in [6.45, 7) is 0. The van der Waals surface area contributed by atoms with E-state index >= 15 is 0 Å². The molecule has 1 amide bonds. The van der Waals surface area contributed by atoms with Crippen LogP contribution >= 0.6 is 0 Å². The second-order valence-electron chi connectivity index (χ2n) is 6.04. The fraction of sp³-hybridized carbons (Fsp3) is 0.158. The molecule has 0 radical (unpaired) electrons. The van der Waals surface area contributed by atoms with Crippen molar-refractivity contribution < 1.29 is 40.6 Å². The molecule has 0 saturated heterocycles. The molecule has 0 aliphatic heterocycles. The lowest BCUT2D eigenvalue weighted by molar-refractivity contribution is -0.274. The third kappa shape index (κ3) is 5.27. The first-order valence-electron chi connectivity index (χ1n) is 8.45. The number of halogens is 6. The summed E-state index contributed by atoms with van der Waals surface area (Å²) in [5.74, 6) is -1.32. The lowest BCUT2D eigenvalue weighted by Crippen LogP contribution is -2.21. The van der Waals surface area contributed by atoms with Crippen molar-refractivity contribution in [2.24, 2.45) is 0 Å². The topological polar surface area (TPSA) is 65.4 Å². The number of anilines is 1. The molecule has 0 fully saturated rings. The smallest absolute Gasteiger partial charge is 0.497 e. The summed E-state index contributed by atoms with van der Waals surface area (Å²) in [6, 6.07) is 9.56.